The molecule has 1 aromatic rings. The Bertz CT molecular complexity index is 466. The van der Waals surface area contributed by atoms with E-state index in [0.717, 1.165) is 6.42 Å². The highest BCUT2D eigenvalue weighted by molar-refractivity contribution is 5.94. The lowest BCUT2D eigenvalue weighted by Crippen LogP contribution is -2.17. The Balaban J connectivity index is 2.14. The predicted octanol–water partition coefficient (Wildman–Crippen LogP) is 2.91. The molecule has 2 rings (SSSR count). The number of pyridine rings is 1. The number of fused-ring (bicyclic) bond motifs is 1. The fourth-order valence-electron chi connectivity index (χ4n) is 1.91. The summed E-state index contributed by atoms with van der Waals surface area (Å²) in [7, 11) is 0. The van der Waals surface area contributed by atoms with Crippen molar-refractivity contribution in [2.24, 2.45) is 5.92 Å². The Morgan fingerprint density at radius 3 is 2.83 bits per heavy atom. The predicted molar refractivity (Wildman–Crippen MR) is 67.6 cm³/mol. The molecule has 0 saturated heterocycles. The Morgan fingerprint density at radius 2 is 2.17 bits per heavy atom. The van der Waals surface area contributed by atoms with Gasteiger partial charge in [-0.1, -0.05) is 13.8 Å². The highest BCUT2D eigenvalue weighted by atomic mass is 16.6. The first-order chi connectivity index (χ1) is 8.40. The van der Waals surface area contributed by atoms with Gasteiger partial charge in [-0.25, -0.2) is 4.79 Å². The molecule has 0 N–H and O–H groups in total. The van der Waals surface area contributed by atoms with E-state index in [4.69, 9.17) is 9.47 Å². The van der Waals surface area contributed by atoms with E-state index < -0.39 is 5.60 Å². The fourth-order valence-corrected chi connectivity index (χ4v) is 1.91. The Labute approximate surface area is 107 Å². The average molecular weight is 249 g/mol. The molecule has 0 spiro atoms. The van der Waals surface area contributed by atoms with E-state index in [1.54, 1.807) is 12.3 Å². The molecule has 0 bridgehead atoms. The summed E-state index contributed by atoms with van der Waals surface area (Å²) < 4.78 is 10.8. The molecule has 98 valence electrons. The topological polar surface area (TPSA) is 48.4 Å². The first kappa shape index (κ1) is 12.9. The van der Waals surface area contributed by atoms with Crippen molar-refractivity contribution in [1.29, 1.82) is 0 Å². The number of ether oxygens (including phenoxy) is 2. The van der Waals surface area contributed by atoms with E-state index in [0.29, 0.717) is 29.5 Å². The number of cyclic esters (lactones) is 1. The molecule has 0 saturated carbocycles. The highest BCUT2D eigenvalue weighted by Crippen LogP contribution is 2.35. The minimum Gasteiger partial charge on any atom is -0.492 e. The van der Waals surface area contributed by atoms with E-state index >= 15 is 0 Å². The first-order valence-corrected chi connectivity index (χ1v) is 6.27. The molecule has 0 radical (unpaired) electrons. The third kappa shape index (κ3) is 2.47. The summed E-state index contributed by atoms with van der Waals surface area (Å²) >= 11 is 0. The molecule has 0 unspecified atom stereocenters. The second kappa shape index (κ2) is 4.59. The third-order valence-corrected chi connectivity index (χ3v) is 2.96. The summed E-state index contributed by atoms with van der Waals surface area (Å²) in [4.78, 5) is 16.0. The summed E-state index contributed by atoms with van der Waals surface area (Å²) in [5, 5.41) is 0. The molecule has 18 heavy (non-hydrogen) atoms. The van der Waals surface area contributed by atoms with Gasteiger partial charge >= 0.3 is 5.97 Å². The van der Waals surface area contributed by atoms with Gasteiger partial charge in [-0.3, -0.25) is 4.98 Å². The van der Waals surface area contributed by atoms with Crippen LogP contribution in [-0.4, -0.2) is 17.6 Å². The van der Waals surface area contributed by atoms with Crippen LogP contribution in [0.5, 0.6) is 5.75 Å². The van der Waals surface area contributed by atoms with Gasteiger partial charge in [-0.05, 0) is 32.3 Å². The van der Waals surface area contributed by atoms with Crippen LogP contribution in [0.4, 0.5) is 0 Å². The van der Waals surface area contributed by atoms with E-state index in [9.17, 15) is 4.79 Å². The molecule has 1 aliphatic heterocycles. The van der Waals surface area contributed by atoms with Gasteiger partial charge in [0.25, 0.3) is 0 Å². The van der Waals surface area contributed by atoms with Crippen molar-refractivity contribution in [3.8, 4) is 5.75 Å². The molecule has 4 heteroatoms. The van der Waals surface area contributed by atoms with Gasteiger partial charge in [-0.2, -0.15) is 0 Å². The van der Waals surface area contributed by atoms with E-state index in [1.807, 2.05) is 13.8 Å². The molecule has 0 fully saturated rings. The number of rotatable bonds is 4. The van der Waals surface area contributed by atoms with E-state index in [2.05, 4.69) is 18.8 Å². The van der Waals surface area contributed by atoms with Gasteiger partial charge in [0.05, 0.1) is 24.1 Å². The maximum absolute atomic E-state index is 11.7. The van der Waals surface area contributed by atoms with Crippen LogP contribution < -0.4 is 4.74 Å². The van der Waals surface area contributed by atoms with Crippen molar-refractivity contribution in [3.63, 3.8) is 0 Å². The van der Waals surface area contributed by atoms with Gasteiger partial charge in [0.1, 0.15) is 11.4 Å². The maximum atomic E-state index is 11.7. The van der Waals surface area contributed by atoms with Crippen molar-refractivity contribution in [2.75, 3.05) is 6.61 Å². The zero-order chi connectivity index (χ0) is 13.3. The first-order valence-electron chi connectivity index (χ1n) is 6.27. The molecule has 4 nitrogen and oxygen atoms in total. The van der Waals surface area contributed by atoms with Crippen LogP contribution in [-0.2, 0) is 10.3 Å². The van der Waals surface area contributed by atoms with Crippen LogP contribution in [0.25, 0.3) is 0 Å². The van der Waals surface area contributed by atoms with Crippen molar-refractivity contribution in [1.82, 2.24) is 4.98 Å². The number of esters is 1. The molecule has 0 aromatic carbocycles. The largest absolute Gasteiger partial charge is 0.492 e. The van der Waals surface area contributed by atoms with Gasteiger partial charge in [-0.15, -0.1) is 0 Å². The summed E-state index contributed by atoms with van der Waals surface area (Å²) in [5.41, 5.74) is 0.564. The monoisotopic (exact) mass is 249 g/mol. The quantitative estimate of drug-likeness (QED) is 0.770. The molecule has 2 heterocycles. The van der Waals surface area contributed by atoms with Crippen LogP contribution in [0.3, 0.4) is 0 Å². The summed E-state index contributed by atoms with van der Waals surface area (Å²) in [6, 6.07) is 1.72. The van der Waals surface area contributed by atoms with Gasteiger partial charge in [0, 0.05) is 0 Å². The molecule has 0 amide bonds. The molecular formula is C14H19NO3. The van der Waals surface area contributed by atoms with Crippen LogP contribution in [0.15, 0.2) is 12.3 Å². The highest BCUT2D eigenvalue weighted by Gasteiger charge is 2.39. The van der Waals surface area contributed by atoms with Gasteiger partial charge in [0.2, 0.25) is 0 Å². The van der Waals surface area contributed by atoms with Crippen molar-refractivity contribution in [3.05, 3.63) is 23.5 Å². The Kier molecular flexibility index (Phi) is 3.28. The summed E-state index contributed by atoms with van der Waals surface area (Å²) in [6.07, 6.45) is 2.63. The lowest BCUT2D eigenvalue weighted by Gasteiger charge is -2.16. The maximum Gasteiger partial charge on any atom is 0.341 e. The van der Waals surface area contributed by atoms with Crippen LogP contribution in [0, 0.1) is 5.92 Å². The van der Waals surface area contributed by atoms with Crippen LogP contribution >= 0.6 is 0 Å². The number of nitrogens with zero attached hydrogens (tertiary/aromatic N) is 1. The van der Waals surface area contributed by atoms with Gasteiger partial charge < -0.3 is 9.47 Å². The lowest BCUT2D eigenvalue weighted by molar-refractivity contribution is 0.00832. The number of hydrogen-bond acceptors (Lipinski definition) is 4. The normalized spacial score (nSPS) is 16.6. The van der Waals surface area contributed by atoms with E-state index in [-0.39, 0.29) is 5.97 Å². The molecule has 1 aromatic heterocycles. The smallest absolute Gasteiger partial charge is 0.341 e. The second-order valence-corrected chi connectivity index (χ2v) is 5.50. The molecular weight excluding hydrogens is 230 g/mol. The standard InChI is InChI=1S/C14H19NO3/c1-9(2)5-6-17-10-7-11-12(15-8-10)14(3,4)18-13(11)16/h7-9H,5-6H2,1-4H3. The van der Waals surface area contributed by atoms with E-state index in [1.165, 1.54) is 0 Å². The summed E-state index contributed by atoms with van der Waals surface area (Å²) in [6.45, 7) is 8.59. The number of carbonyl (C=O) groups is 1. The zero-order valence-corrected chi connectivity index (χ0v) is 11.3. The third-order valence-electron chi connectivity index (χ3n) is 2.96. The second-order valence-electron chi connectivity index (χ2n) is 5.50. The van der Waals surface area contributed by atoms with Crippen molar-refractivity contribution < 1.29 is 14.3 Å². The Hall–Kier alpha value is -1.58. The minimum absolute atomic E-state index is 0.322. The van der Waals surface area contributed by atoms with Crippen molar-refractivity contribution >= 4 is 5.97 Å². The fraction of sp³-hybridized carbons (Fsp3) is 0.571. The van der Waals surface area contributed by atoms with Gasteiger partial charge in [0.15, 0.2) is 0 Å². The van der Waals surface area contributed by atoms with Crippen molar-refractivity contribution in [2.45, 2.75) is 39.7 Å². The average Bonchev–Trinajstić information content (AvgIpc) is 2.49. The number of aromatic nitrogens is 1. The lowest BCUT2D eigenvalue weighted by atomic mass is 10.0. The SMILES string of the molecule is CC(C)CCOc1cnc2c(c1)C(=O)OC2(C)C. The van der Waals surface area contributed by atoms with Crippen LogP contribution in [0.1, 0.15) is 50.2 Å². The molecule has 0 atom stereocenters. The number of carbonyl (C=O) groups excluding carboxylic acids is 1. The molecule has 0 aliphatic carbocycles. The number of hydrogen-bond donors (Lipinski definition) is 0. The minimum atomic E-state index is -0.636. The zero-order valence-electron chi connectivity index (χ0n) is 11.3. The summed E-state index contributed by atoms with van der Waals surface area (Å²) in [5.74, 6) is 0.900. The molecule has 1 aliphatic rings. The van der Waals surface area contributed by atoms with Crippen LogP contribution in [0.2, 0.25) is 0 Å². The Morgan fingerprint density at radius 1 is 1.44 bits per heavy atom.